The van der Waals surface area contributed by atoms with Crippen molar-refractivity contribution >= 4 is 5.69 Å². The Bertz CT molecular complexity index is 475. The zero-order valence-corrected chi connectivity index (χ0v) is 11.8. The van der Waals surface area contributed by atoms with Crippen LogP contribution < -0.4 is 9.64 Å². The van der Waals surface area contributed by atoms with Crippen LogP contribution in [-0.4, -0.2) is 43.5 Å². The van der Waals surface area contributed by atoms with Gasteiger partial charge in [-0.2, -0.15) is 0 Å². The van der Waals surface area contributed by atoms with E-state index < -0.39 is 6.36 Å². The van der Waals surface area contributed by atoms with Crippen LogP contribution in [0.2, 0.25) is 0 Å². The van der Waals surface area contributed by atoms with E-state index in [-0.39, 0.29) is 5.75 Å². The van der Waals surface area contributed by atoms with E-state index in [1.807, 2.05) is 0 Å². The average molecular weight is 300 g/mol. The van der Waals surface area contributed by atoms with Gasteiger partial charge in [0.05, 0.1) is 0 Å². The molecule has 116 valence electrons. The molecule has 21 heavy (non-hydrogen) atoms. The third-order valence-electron chi connectivity index (χ3n) is 4.24. The molecule has 1 aromatic carbocycles. The molecule has 0 N–H and O–H groups in total. The number of hydrogen-bond donors (Lipinski definition) is 0. The molecule has 3 rings (SSSR count). The summed E-state index contributed by atoms with van der Waals surface area (Å²) >= 11 is 0. The second-order valence-electron chi connectivity index (χ2n) is 5.67. The van der Waals surface area contributed by atoms with Crippen LogP contribution in [0.4, 0.5) is 18.9 Å². The number of halogens is 3. The fourth-order valence-electron chi connectivity index (χ4n) is 3.30. The first-order valence-corrected chi connectivity index (χ1v) is 7.36. The van der Waals surface area contributed by atoms with Gasteiger partial charge < -0.3 is 9.64 Å². The van der Waals surface area contributed by atoms with Crippen LogP contribution in [-0.2, 0) is 0 Å². The van der Waals surface area contributed by atoms with Gasteiger partial charge in [0.15, 0.2) is 0 Å². The summed E-state index contributed by atoms with van der Waals surface area (Å²) < 4.78 is 40.4. The molecule has 6 heteroatoms. The predicted octanol–water partition coefficient (Wildman–Crippen LogP) is 3.26. The Kier molecular flexibility index (Phi) is 3.97. The van der Waals surface area contributed by atoms with Gasteiger partial charge in [-0.1, -0.05) is 0 Å². The van der Waals surface area contributed by atoms with Crippen molar-refractivity contribution in [2.45, 2.75) is 31.7 Å². The van der Waals surface area contributed by atoms with E-state index in [1.165, 1.54) is 31.5 Å². The Balaban J connectivity index is 1.68. The summed E-state index contributed by atoms with van der Waals surface area (Å²) in [5, 5.41) is 0. The smallest absolute Gasteiger partial charge is 0.406 e. The van der Waals surface area contributed by atoms with E-state index >= 15 is 0 Å². The summed E-state index contributed by atoms with van der Waals surface area (Å²) in [4.78, 5) is 4.80. The Morgan fingerprint density at radius 1 is 1.00 bits per heavy atom. The molecule has 0 saturated carbocycles. The number of nitrogens with zero attached hydrogens (tertiary/aromatic N) is 2. The number of benzene rings is 1. The van der Waals surface area contributed by atoms with Crippen molar-refractivity contribution in [1.82, 2.24) is 4.90 Å². The lowest BCUT2D eigenvalue weighted by atomic mass is 10.2. The number of fused-ring (bicyclic) bond motifs is 1. The number of hydrogen-bond acceptors (Lipinski definition) is 3. The Morgan fingerprint density at radius 3 is 2.43 bits per heavy atom. The quantitative estimate of drug-likeness (QED) is 0.834. The van der Waals surface area contributed by atoms with Crippen molar-refractivity contribution in [1.29, 1.82) is 0 Å². The minimum absolute atomic E-state index is 0.163. The van der Waals surface area contributed by atoms with Gasteiger partial charge in [0.1, 0.15) is 5.75 Å². The zero-order valence-electron chi connectivity index (χ0n) is 11.8. The number of ether oxygens (including phenoxy) is 1. The van der Waals surface area contributed by atoms with Crippen molar-refractivity contribution in [3.8, 4) is 5.75 Å². The van der Waals surface area contributed by atoms with Crippen LogP contribution >= 0.6 is 0 Å². The number of rotatable bonds is 2. The van der Waals surface area contributed by atoms with Gasteiger partial charge >= 0.3 is 6.36 Å². The first kappa shape index (κ1) is 14.5. The molecule has 1 atom stereocenters. The summed E-state index contributed by atoms with van der Waals surface area (Å²) in [6, 6.07) is 6.79. The molecule has 1 aromatic rings. The molecule has 3 nitrogen and oxygen atoms in total. The standard InChI is InChI=1S/C15H19F3N2O/c16-15(17,18)21-14-6-4-12(5-7-14)20-10-2-9-19-8-1-3-13(19)11-20/h4-7,13H,1-3,8-11H2. The fraction of sp³-hybridized carbons (Fsp3) is 0.600. The summed E-state index contributed by atoms with van der Waals surface area (Å²) in [7, 11) is 0. The normalized spacial score (nSPS) is 23.8. The maximum absolute atomic E-state index is 12.2. The molecule has 2 aliphatic heterocycles. The molecule has 0 aromatic heterocycles. The third-order valence-corrected chi connectivity index (χ3v) is 4.24. The topological polar surface area (TPSA) is 15.7 Å². The molecular weight excluding hydrogens is 281 g/mol. The molecule has 2 heterocycles. The molecule has 2 aliphatic rings. The first-order valence-electron chi connectivity index (χ1n) is 7.36. The first-order chi connectivity index (χ1) is 10.0. The highest BCUT2D eigenvalue weighted by atomic mass is 19.4. The fourth-order valence-corrected chi connectivity index (χ4v) is 3.30. The molecule has 1 unspecified atom stereocenters. The number of anilines is 1. The molecule has 0 amide bonds. The van der Waals surface area contributed by atoms with Gasteiger partial charge in [0.25, 0.3) is 0 Å². The minimum atomic E-state index is -4.63. The summed E-state index contributed by atoms with van der Waals surface area (Å²) in [5.74, 6) is -0.163. The van der Waals surface area contributed by atoms with Crippen LogP contribution in [0.25, 0.3) is 0 Å². The highest BCUT2D eigenvalue weighted by molar-refractivity contribution is 5.49. The Hall–Kier alpha value is -1.43. The lowest BCUT2D eigenvalue weighted by molar-refractivity contribution is -0.274. The van der Waals surface area contributed by atoms with Gasteiger partial charge in [0, 0.05) is 31.4 Å². The van der Waals surface area contributed by atoms with Crippen molar-refractivity contribution in [2.24, 2.45) is 0 Å². The second-order valence-corrected chi connectivity index (χ2v) is 5.67. The Labute approximate surface area is 122 Å². The molecule has 0 radical (unpaired) electrons. The molecule has 2 fully saturated rings. The minimum Gasteiger partial charge on any atom is -0.406 e. The van der Waals surface area contributed by atoms with E-state index in [1.54, 1.807) is 12.1 Å². The van der Waals surface area contributed by atoms with Gasteiger partial charge in [0.2, 0.25) is 0 Å². The predicted molar refractivity (Wildman–Crippen MR) is 74.6 cm³/mol. The van der Waals surface area contributed by atoms with Crippen molar-refractivity contribution < 1.29 is 17.9 Å². The maximum atomic E-state index is 12.2. The van der Waals surface area contributed by atoms with Crippen molar-refractivity contribution in [3.05, 3.63) is 24.3 Å². The van der Waals surface area contributed by atoms with E-state index in [4.69, 9.17) is 0 Å². The van der Waals surface area contributed by atoms with Crippen LogP contribution in [0, 0.1) is 0 Å². The van der Waals surface area contributed by atoms with Crippen molar-refractivity contribution in [2.75, 3.05) is 31.1 Å². The zero-order chi connectivity index (χ0) is 14.9. The highest BCUT2D eigenvalue weighted by Crippen LogP contribution is 2.28. The molecule has 0 bridgehead atoms. The maximum Gasteiger partial charge on any atom is 0.573 e. The molecule has 0 spiro atoms. The third kappa shape index (κ3) is 3.61. The van der Waals surface area contributed by atoms with E-state index in [0.717, 1.165) is 31.7 Å². The largest absolute Gasteiger partial charge is 0.573 e. The van der Waals surface area contributed by atoms with Crippen molar-refractivity contribution in [3.63, 3.8) is 0 Å². The average Bonchev–Trinajstić information content (AvgIpc) is 2.75. The van der Waals surface area contributed by atoms with Crippen LogP contribution in [0.3, 0.4) is 0 Å². The van der Waals surface area contributed by atoms with Gasteiger partial charge in [-0.3, -0.25) is 4.90 Å². The van der Waals surface area contributed by atoms with Crippen LogP contribution in [0.5, 0.6) is 5.75 Å². The highest BCUT2D eigenvalue weighted by Gasteiger charge is 2.31. The monoisotopic (exact) mass is 300 g/mol. The second kappa shape index (κ2) is 5.75. The SMILES string of the molecule is FC(F)(F)Oc1ccc(N2CCCN3CCCC3C2)cc1. The molecular formula is C15H19F3N2O. The lowest BCUT2D eigenvalue weighted by Gasteiger charge is -2.27. The molecule has 2 saturated heterocycles. The number of alkyl halides is 3. The van der Waals surface area contributed by atoms with Crippen LogP contribution in [0.1, 0.15) is 19.3 Å². The summed E-state index contributed by atoms with van der Waals surface area (Å²) in [6.45, 7) is 4.21. The summed E-state index contributed by atoms with van der Waals surface area (Å²) in [5.41, 5.74) is 0.971. The van der Waals surface area contributed by atoms with Crippen LogP contribution in [0.15, 0.2) is 24.3 Å². The lowest BCUT2D eigenvalue weighted by Crippen LogP contribution is -2.36. The van der Waals surface area contributed by atoms with Gasteiger partial charge in [-0.15, -0.1) is 13.2 Å². The summed E-state index contributed by atoms with van der Waals surface area (Å²) in [6.07, 6.45) is -1.07. The van der Waals surface area contributed by atoms with Gasteiger partial charge in [-0.25, -0.2) is 0 Å². The Morgan fingerprint density at radius 2 is 1.71 bits per heavy atom. The van der Waals surface area contributed by atoms with E-state index in [2.05, 4.69) is 14.5 Å². The van der Waals surface area contributed by atoms with Gasteiger partial charge in [-0.05, 0) is 50.1 Å². The van der Waals surface area contributed by atoms with E-state index in [9.17, 15) is 13.2 Å². The van der Waals surface area contributed by atoms with E-state index in [0.29, 0.717) is 6.04 Å². The molecule has 0 aliphatic carbocycles.